The predicted octanol–water partition coefficient (Wildman–Crippen LogP) is 4.74. The van der Waals surface area contributed by atoms with Gasteiger partial charge in [-0.3, -0.25) is 9.20 Å². The van der Waals surface area contributed by atoms with Crippen molar-refractivity contribution in [1.82, 2.24) is 34.1 Å². The van der Waals surface area contributed by atoms with Crippen molar-refractivity contribution in [3.8, 4) is 26.9 Å². The summed E-state index contributed by atoms with van der Waals surface area (Å²) in [7, 11) is 0. The first-order chi connectivity index (χ1) is 19.7. The van der Waals surface area contributed by atoms with E-state index in [0.29, 0.717) is 16.0 Å². The highest BCUT2D eigenvalue weighted by Gasteiger charge is 2.27. The Morgan fingerprint density at radius 2 is 1.93 bits per heavy atom. The number of aromatic nitrogens is 7. The third-order valence-electron chi connectivity index (χ3n) is 6.26. The van der Waals surface area contributed by atoms with Crippen molar-refractivity contribution in [3.63, 3.8) is 0 Å². The van der Waals surface area contributed by atoms with Crippen LogP contribution in [0.5, 0.6) is 5.19 Å². The number of anilines is 1. The lowest BCUT2D eigenvalue weighted by Gasteiger charge is -2.18. The van der Waals surface area contributed by atoms with Gasteiger partial charge in [0.05, 0.1) is 33.8 Å². The van der Waals surface area contributed by atoms with Crippen molar-refractivity contribution in [2.75, 3.05) is 12.3 Å². The molecule has 1 aromatic carbocycles. The minimum Gasteiger partial charge on any atom is -0.464 e. The van der Waals surface area contributed by atoms with Crippen molar-refractivity contribution < 1.29 is 22.3 Å². The van der Waals surface area contributed by atoms with Gasteiger partial charge in [-0.05, 0) is 36.8 Å². The molecule has 208 valence electrons. The smallest absolute Gasteiger partial charge is 0.273 e. The maximum Gasteiger partial charge on any atom is 0.273 e. The number of hydrogen-bond donors (Lipinski definition) is 1. The van der Waals surface area contributed by atoms with E-state index >= 15 is 0 Å². The molecule has 0 aliphatic carbocycles. The first-order valence-corrected chi connectivity index (χ1v) is 12.9. The number of nitrogen functional groups attached to an aromatic ring is 1. The second-order valence-corrected chi connectivity index (χ2v) is 9.88. The van der Waals surface area contributed by atoms with Gasteiger partial charge in [0.15, 0.2) is 12.3 Å². The third kappa shape index (κ3) is 4.73. The van der Waals surface area contributed by atoms with Crippen molar-refractivity contribution in [3.05, 3.63) is 82.8 Å². The minimum absolute atomic E-state index is 0.0105. The Morgan fingerprint density at radius 3 is 2.71 bits per heavy atom. The molecule has 5 heterocycles. The molecule has 0 fully saturated rings. The van der Waals surface area contributed by atoms with E-state index in [-0.39, 0.29) is 39.1 Å². The molecule has 41 heavy (non-hydrogen) atoms. The molecule has 10 nitrogen and oxygen atoms in total. The maximum absolute atomic E-state index is 14.3. The van der Waals surface area contributed by atoms with Crippen LogP contribution in [0, 0.1) is 11.6 Å². The number of benzene rings is 1. The number of thiazole rings is 1. The molecule has 0 saturated heterocycles. The van der Waals surface area contributed by atoms with Crippen LogP contribution in [0.25, 0.3) is 38.4 Å². The number of nitrogens with zero attached hydrogens (tertiary/aromatic N) is 7. The van der Waals surface area contributed by atoms with E-state index in [1.54, 1.807) is 13.0 Å². The summed E-state index contributed by atoms with van der Waals surface area (Å²) >= 11 is 0.980. The van der Waals surface area contributed by atoms with Crippen LogP contribution < -0.4 is 16.0 Å². The number of rotatable bonds is 7. The van der Waals surface area contributed by atoms with Gasteiger partial charge in [0, 0.05) is 6.20 Å². The van der Waals surface area contributed by atoms with Gasteiger partial charge in [0.25, 0.3) is 17.2 Å². The summed E-state index contributed by atoms with van der Waals surface area (Å²) in [6.45, 7) is 0.892. The summed E-state index contributed by atoms with van der Waals surface area (Å²) in [5.41, 5.74) is 6.83. The molecule has 6 aromatic rings. The molecular formula is C26H18F4N8O2S. The van der Waals surface area contributed by atoms with Gasteiger partial charge >= 0.3 is 0 Å². The zero-order valence-electron chi connectivity index (χ0n) is 21.0. The maximum atomic E-state index is 14.3. The average Bonchev–Trinajstić information content (AvgIpc) is 3.57. The molecule has 1 unspecified atom stereocenters. The Bertz CT molecular complexity index is 1990. The minimum atomic E-state index is -2.67. The Labute approximate surface area is 231 Å². The monoisotopic (exact) mass is 582 g/mol. The van der Waals surface area contributed by atoms with Crippen LogP contribution >= 0.6 is 11.3 Å². The summed E-state index contributed by atoms with van der Waals surface area (Å²) in [6.07, 6.45) is 0.987. The Kier molecular flexibility index (Phi) is 6.57. The molecule has 0 saturated carbocycles. The zero-order chi connectivity index (χ0) is 28.8. The van der Waals surface area contributed by atoms with Crippen LogP contribution in [0.15, 0.2) is 59.9 Å². The van der Waals surface area contributed by atoms with Crippen LogP contribution in [-0.4, -0.2) is 47.1 Å². The average molecular weight is 583 g/mol. The van der Waals surface area contributed by atoms with Gasteiger partial charge in [0.2, 0.25) is 0 Å². The van der Waals surface area contributed by atoms with Crippen molar-refractivity contribution in [2.24, 2.45) is 0 Å². The zero-order valence-corrected chi connectivity index (χ0v) is 21.8. The SMILES string of the molecule is CC(c1nc2ccc(F)cn2c(=O)c1-c1cccc(F)c1)n1nc(-c2cnc(OCC(F)F)s2)c2c(N)ncnc21. The molecule has 0 radical (unpaired) electrons. The van der Waals surface area contributed by atoms with Crippen LogP contribution in [-0.2, 0) is 0 Å². The van der Waals surface area contributed by atoms with E-state index in [4.69, 9.17) is 15.6 Å². The molecule has 0 aliphatic rings. The number of ether oxygens (including phenoxy) is 1. The van der Waals surface area contributed by atoms with Gasteiger partial charge < -0.3 is 10.5 Å². The van der Waals surface area contributed by atoms with Crippen molar-refractivity contribution in [2.45, 2.75) is 19.4 Å². The lowest BCUT2D eigenvalue weighted by atomic mass is 10.0. The van der Waals surface area contributed by atoms with E-state index in [0.717, 1.165) is 21.9 Å². The second kappa shape index (κ2) is 10.2. The van der Waals surface area contributed by atoms with Crippen LogP contribution in [0.4, 0.5) is 23.4 Å². The van der Waals surface area contributed by atoms with Crippen molar-refractivity contribution in [1.29, 1.82) is 0 Å². The van der Waals surface area contributed by atoms with E-state index in [9.17, 15) is 22.4 Å². The molecule has 2 N–H and O–H groups in total. The van der Waals surface area contributed by atoms with Crippen LogP contribution in [0.2, 0.25) is 0 Å². The van der Waals surface area contributed by atoms with E-state index in [1.165, 1.54) is 47.5 Å². The number of fused-ring (bicyclic) bond motifs is 2. The fourth-order valence-electron chi connectivity index (χ4n) is 4.47. The van der Waals surface area contributed by atoms with Gasteiger partial charge in [0.1, 0.15) is 35.1 Å². The van der Waals surface area contributed by atoms with Crippen molar-refractivity contribution >= 4 is 33.8 Å². The first-order valence-electron chi connectivity index (χ1n) is 12.0. The molecule has 1 atom stereocenters. The molecular weight excluding hydrogens is 564 g/mol. The Morgan fingerprint density at radius 1 is 1.10 bits per heavy atom. The summed E-state index contributed by atoms with van der Waals surface area (Å²) < 4.78 is 61.1. The van der Waals surface area contributed by atoms with E-state index < -0.39 is 36.3 Å². The standard InChI is InChI=1S/C26H18F4N8O2S/c1-12(21-19(13-3-2-4-14(27)7-13)25(39)37-9-15(28)5-6-18(37)35-21)38-24-20(23(31)33-11-34-24)22(36-38)16-8-32-26(41-16)40-10-17(29)30/h2-9,11-12,17H,10H2,1H3,(H2,31,33,34). The predicted molar refractivity (Wildman–Crippen MR) is 143 cm³/mol. The van der Waals surface area contributed by atoms with Gasteiger partial charge in [-0.15, -0.1) is 0 Å². The molecule has 0 aliphatic heterocycles. The second-order valence-electron chi connectivity index (χ2n) is 8.88. The Balaban J connectivity index is 1.56. The number of alkyl halides is 2. The lowest BCUT2D eigenvalue weighted by Crippen LogP contribution is -2.23. The topological polar surface area (TPSA) is 126 Å². The fourth-order valence-corrected chi connectivity index (χ4v) is 5.24. The fraction of sp³-hybridized carbons (Fsp3) is 0.154. The number of halogens is 4. The summed E-state index contributed by atoms with van der Waals surface area (Å²) in [5, 5.41) is 5.07. The lowest BCUT2D eigenvalue weighted by molar-refractivity contribution is 0.0817. The summed E-state index contributed by atoms with van der Waals surface area (Å²) in [5.74, 6) is -1.13. The molecule has 0 amide bonds. The van der Waals surface area contributed by atoms with E-state index in [2.05, 4.69) is 19.9 Å². The highest BCUT2D eigenvalue weighted by atomic mass is 32.1. The quantitative estimate of drug-likeness (QED) is 0.268. The number of pyridine rings is 1. The Hall–Kier alpha value is -4.92. The van der Waals surface area contributed by atoms with E-state index in [1.807, 2.05) is 0 Å². The number of hydrogen-bond acceptors (Lipinski definition) is 9. The third-order valence-corrected chi connectivity index (χ3v) is 7.18. The molecule has 0 spiro atoms. The van der Waals surface area contributed by atoms with Gasteiger partial charge in [-0.2, -0.15) is 5.10 Å². The normalized spacial score (nSPS) is 12.4. The van der Waals surface area contributed by atoms with Gasteiger partial charge in [-0.1, -0.05) is 23.5 Å². The molecule has 5 aromatic heterocycles. The summed E-state index contributed by atoms with van der Waals surface area (Å²) in [6, 6.07) is 7.16. The molecule has 6 rings (SSSR count). The highest BCUT2D eigenvalue weighted by Crippen LogP contribution is 2.38. The highest BCUT2D eigenvalue weighted by molar-refractivity contribution is 7.16. The van der Waals surface area contributed by atoms with Gasteiger partial charge in [-0.25, -0.2) is 42.2 Å². The molecule has 15 heteroatoms. The first kappa shape index (κ1) is 26.3. The molecule has 0 bridgehead atoms. The summed E-state index contributed by atoms with van der Waals surface area (Å²) in [4.78, 5) is 31.2. The van der Waals surface area contributed by atoms with Crippen LogP contribution in [0.1, 0.15) is 18.7 Å². The van der Waals surface area contributed by atoms with Crippen LogP contribution in [0.3, 0.4) is 0 Å². The largest absolute Gasteiger partial charge is 0.464 e. The number of nitrogens with two attached hydrogens (primary N) is 1.